The van der Waals surface area contributed by atoms with E-state index in [4.69, 9.17) is 4.74 Å². The number of β-lactam (4-membered cyclic amide) rings is 1. The molecule has 0 aliphatic carbocycles. The third-order valence-electron chi connectivity index (χ3n) is 4.59. The largest absolute Gasteiger partial charge is 0.508 e. The Kier molecular flexibility index (Phi) is 4.32. The van der Waals surface area contributed by atoms with Gasteiger partial charge in [0.25, 0.3) is 5.91 Å². The number of benzene rings is 3. The van der Waals surface area contributed by atoms with Gasteiger partial charge < -0.3 is 14.7 Å². The van der Waals surface area contributed by atoms with Crippen LogP contribution in [0.3, 0.4) is 0 Å². The van der Waals surface area contributed by atoms with Gasteiger partial charge in [-0.3, -0.25) is 4.79 Å². The summed E-state index contributed by atoms with van der Waals surface area (Å²) in [5, 5.41) is 9.42. The van der Waals surface area contributed by atoms with Crippen molar-refractivity contribution in [3.63, 3.8) is 0 Å². The highest BCUT2D eigenvalue weighted by Gasteiger charge is 2.49. The van der Waals surface area contributed by atoms with Gasteiger partial charge in [-0.25, -0.2) is 0 Å². The maximum absolute atomic E-state index is 12.8. The van der Waals surface area contributed by atoms with Gasteiger partial charge in [0.15, 0.2) is 0 Å². The lowest BCUT2D eigenvalue weighted by Gasteiger charge is -2.46. The van der Waals surface area contributed by atoms with Crippen LogP contribution in [0.15, 0.2) is 84.9 Å². The van der Waals surface area contributed by atoms with E-state index in [1.54, 1.807) is 24.3 Å². The second-order valence-electron chi connectivity index (χ2n) is 6.34. The van der Waals surface area contributed by atoms with Crippen molar-refractivity contribution in [1.29, 1.82) is 0 Å². The van der Waals surface area contributed by atoms with Gasteiger partial charge in [0.05, 0.1) is 0 Å². The van der Waals surface area contributed by atoms with Gasteiger partial charge in [0, 0.05) is 6.54 Å². The number of nitrogens with zero attached hydrogens (tertiary/aromatic N) is 1. The summed E-state index contributed by atoms with van der Waals surface area (Å²) in [6, 6.07) is 26.2. The molecule has 1 amide bonds. The molecule has 0 aromatic heterocycles. The highest BCUT2D eigenvalue weighted by molar-refractivity contribution is 5.89. The fourth-order valence-corrected chi connectivity index (χ4v) is 3.26. The summed E-state index contributed by atoms with van der Waals surface area (Å²) in [5.41, 5.74) is 2.14. The molecule has 4 heteroatoms. The van der Waals surface area contributed by atoms with Gasteiger partial charge >= 0.3 is 0 Å². The molecule has 0 saturated carbocycles. The minimum absolute atomic E-state index is 0.0317. The van der Waals surface area contributed by atoms with Crippen LogP contribution in [0.2, 0.25) is 0 Å². The lowest BCUT2D eigenvalue weighted by atomic mass is 9.90. The first-order valence-electron chi connectivity index (χ1n) is 8.57. The Hall–Kier alpha value is -3.27. The third-order valence-corrected chi connectivity index (χ3v) is 4.59. The molecule has 1 saturated heterocycles. The molecule has 1 fully saturated rings. The number of likely N-dealkylation sites (tertiary alicyclic amines) is 1. The maximum Gasteiger partial charge on any atom is 0.267 e. The monoisotopic (exact) mass is 345 g/mol. The maximum atomic E-state index is 12.8. The van der Waals surface area contributed by atoms with Crippen molar-refractivity contribution < 1.29 is 14.6 Å². The molecule has 3 aromatic carbocycles. The van der Waals surface area contributed by atoms with E-state index < -0.39 is 6.10 Å². The number of phenolic OH excluding ortho intramolecular Hbond substituents is 1. The molecule has 0 bridgehead atoms. The zero-order chi connectivity index (χ0) is 17.9. The van der Waals surface area contributed by atoms with Crippen LogP contribution in [0.5, 0.6) is 11.5 Å². The van der Waals surface area contributed by atoms with Gasteiger partial charge in [0.1, 0.15) is 17.5 Å². The summed E-state index contributed by atoms with van der Waals surface area (Å²) in [6.07, 6.45) is -0.564. The first-order chi connectivity index (χ1) is 12.7. The number of aromatic hydroxyl groups is 1. The minimum atomic E-state index is -0.564. The van der Waals surface area contributed by atoms with Gasteiger partial charge in [0.2, 0.25) is 6.10 Å². The van der Waals surface area contributed by atoms with E-state index in [1.165, 1.54) is 0 Å². The highest BCUT2D eigenvalue weighted by atomic mass is 16.5. The summed E-state index contributed by atoms with van der Waals surface area (Å²) >= 11 is 0. The molecule has 1 aliphatic rings. The summed E-state index contributed by atoms with van der Waals surface area (Å²) < 4.78 is 5.95. The van der Waals surface area contributed by atoms with Crippen molar-refractivity contribution in [2.75, 3.05) is 0 Å². The van der Waals surface area contributed by atoms with E-state index in [0.29, 0.717) is 12.3 Å². The second-order valence-corrected chi connectivity index (χ2v) is 6.34. The van der Waals surface area contributed by atoms with Crippen molar-refractivity contribution >= 4 is 5.91 Å². The Morgan fingerprint density at radius 3 is 2.12 bits per heavy atom. The van der Waals surface area contributed by atoms with E-state index in [9.17, 15) is 9.90 Å². The molecule has 0 unspecified atom stereocenters. The SMILES string of the molecule is O=C1[C@@H](Oc2ccc(O)cc2)[C@@H](c2ccccc2)N1Cc1ccccc1. The minimum Gasteiger partial charge on any atom is -0.508 e. The summed E-state index contributed by atoms with van der Waals surface area (Å²) in [5.74, 6) is 0.708. The molecule has 2 atom stereocenters. The van der Waals surface area contributed by atoms with Crippen LogP contribution in [-0.4, -0.2) is 22.0 Å². The Morgan fingerprint density at radius 1 is 0.846 bits per heavy atom. The molecule has 0 radical (unpaired) electrons. The number of rotatable bonds is 5. The number of amides is 1. The molecular formula is C22H19NO3. The van der Waals surface area contributed by atoms with Crippen LogP contribution in [0.4, 0.5) is 0 Å². The van der Waals surface area contributed by atoms with Crippen LogP contribution in [0.1, 0.15) is 17.2 Å². The van der Waals surface area contributed by atoms with Gasteiger partial charge in [-0.2, -0.15) is 0 Å². The van der Waals surface area contributed by atoms with E-state index in [1.807, 2.05) is 65.6 Å². The first kappa shape index (κ1) is 16.2. The van der Waals surface area contributed by atoms with Gasteiger partial charge in [-0.05, 0) is 35.4 Å². The van der Waals surface area contributed by atoms with Crippen LogP contribution >= 0.6 is 0 Å². The molecule has 1 N–H and O–H groups in total. The Morgan fingerprint density at radius 2 is 1.46 bits per heavy atom. The highest BCUT2D eigenvalue weighted by Crippen LogP contribution is 2.38. The third kappa shape index (κ3) is 3.14. The van der Waals surface area contributed by atoms with Crippen molar-refractivity contribution in [2.24, 2.45) is 0 Å². The normalized spacial score (nSPS) is 19.1. The first-order valence-corrected chi connectivity index (χ1v) is 8.57. The summed E-state index contributed by atoms with van der Waals surface area (Å²) in [6.45, 7) is 0.550. The smallest absolute Gasteiger partial charge is 0.267 e. The van der Waals surface area contributed by atoms with Crippen molar-refractivity contribution in [3.05, 3.63) is 96.1 Å². The molecule has 130 valence electrons. The van der Waals surface area contributed by atoms with Crippen molar-refractivity contribution in [2.45, 2.75) is 18.7 Å². The van der Waals surface area contributed by atoms with E-state index in [2.05, 4.69) is 0 Å². The number of hydrogen-bond acceptors (Lipinski definition) is 3. The lowest BCUT2D eigenvalue weighted by Crippen LogP contribution is -2.60. The molecular weight excluding hydrogens is 326 g/mol. The molecule has 0 spiro atoms. The molecule has 26 heavy (non-hydrogen) atoms. The average Bonchev–Trinajstić information content (AvgIpc) is 2.69. The van der Waals surface area contributed by atoms with Crippen LogP contribution < -0.4 is 4.74 Å². The van der Waals surface area contributed by atoms with E-state index >= 15 is 0 Å². The van der Waals surface area contributed by atoms with Gasteiger partial charge in [-0.15, -0.1) is 0 Å². The average molecular weight is 345 g/mol. The van der Waals surface area contributed by atoms with Crippen LogP contribution in [0.25, 0.3) is 0 Å². The predicted octanol–water partition coefficient (Wildman–Crippen LogP) is 3.92. The molecule has 3 aromatic rings. The summed E-state index contributed by atoms with van der Waals surface area (Å²) in [7, 11) is 0. The summed E-state index contributed by atoms with van der Waals surface area (Å²) in [4.78, 5) is 14.6. The molecule has 1 heterocycles. The zero-order valence-corrected chi connectivity index (χ0v) is 14.2. The molecule has 1 aliphatic heterocycles. The Labute approximate surface area is 152 Å². The topological polar surface area (TPSA) is 49.8 Å². The number of hydrogen-bond donors (Lipinski definition) is 1. The number of phenols is 1. The van der Waals surface area contributed by atoms with E-state index in [0.717, 1.165) is 11.1 Å². The molecule has 4 nitrogen and oxygen atoms in total. The number of ether oxygens (including phenoxy) is 1. The van der Waals surface area contributed by atoms with Crippen LogP contribution in [-0.2, 0) is 11.3 Å². The number of carbonyl (C=O) groups excluding carboxylic acids is 1. The zero-order valence-electron chi connectivity index (χ0n) is 14.2. The van der Waals surface area contributed by atoms with Crippen molar-refractivity contribution in [1.82, 2.24) is 4.90 Å². The second kappa shape index (κ2) is 6.92. The fourth-order valence-electron chi connectivity index (χ4n) is 3.26. The Bertz CT molecular complexity index is 878. The fraction of sp³-hybridized carbons (Fsp3) is 0.136. The molecule has 4 rings (SSSR count). The van der Waals surface area contributed by atoms with E-state index in [-0.39, 0.29) is 17.7 Å². The van der Waals surface area contributed by atoms with Crippen molar-refractivity contribution in [3.8, 4) is 11.5 Å². The van der Waals surface area contributed by atoms with Crippen LogP contribution in [0, 0.1) is 0 Å². The standard InChI is InChI=1S/C22H19NO3/c24-18-11-13-19(14-12-18)26-21-20(17-9-5-2-6-10-17)23(22(21)25)15-16-7-3-1-4-8-16/h1-14,20-21,24H,15H2/t20-,21+/m1/s1. The number of carbonyl (C=O) groups is 1. The van der Waals surface area contributed by atoms with Gasteiger partial charge in [-0.1, -0.05) is 60.7 Å². The quantitative estimate of drug-likeness (QED) is 0.713. The lowest BCUT2D eigenvalue weighted by molar-refractivity contribution is -0.165. The predicted molar refractivity (Wildman–Crippen MR) is 98.7 cm³/mol. The Balaban J connectivity index is 1.59.